The van der Waals surface area contributed by atoms with Crippen LogP contribution in [-0.4, -0.2) is 59.1 Å². The van der Waals surface area contributed by atoms with E-state index in [2.05, 4.69) is 34.4 Å². The largest absolute Gasteiger partial charge is 0.377 e. The molecule has 1 aliphatic heterocycles. The van der Waals surface area contributed by atoms with Crippen molar-refractivity contribution in [2.75, 3.05) is 32.1 Å². The number of likely N-dealkylation sites (tertiary alicyclic amines) is 1. The first-order valence-electron chi connectivity index (χ1n) is 11.0. The molecular formula is C23H32ClN5O3. The van der Waals surface area contributed by atoms with Gasteiger partial charge < -0.3 is 24.8 Å². The number of hydrogen-bond donors (Lipinski definition) is 2. The fourth-order valence-electron chi connectivity index (χ4n) is 3.87. The van der Waals surface area contributed by atoms with E-state index in [0.29, 0.717) is 28.1 Å². The van der Waals surface area contributed by atoms with Crippen molar-refractivity contribution >= 4 is 29.1 Å². The molecule has 0 bridgehead atoms. The molecule has 2 heterocycles. The predicted molar refractivity (Wildman–Crippen MR) is 125 cm³/mol. The maximum atomic E-state index is 12.8. The highest BCUT2D eigenvalue weighted by atomic mass is 35.5. The van der Waals surface area contributed by atoms with Crippen molar-refractivity contribution in [3.8, 4) is 0 Å². The topological polar surface area (TPSA) is 88.5 Å². The van der Waals surface area contributed by atoms with Crippen LogP contribution in [0, 0.1) is 5.92 Å². The summed E-state index contributed by atoms with van der Waals surface area (Å²) in [6.45, 7) is 7.72. The molecule has 0 saturated carbocycles. The highest BCUT2D eigenvalue weighted by Crippen LogP contribution is 2.15. The fraction of sp³-hybridized carbons (Fsp3) is 0.522. The van der Waals surface area contributed by atoms with E-state index in [-0.39, 0.29) is 31.0 Å². The fourth-order valence-corrected chi connectivity index (χ4v) is 3.99. The first-order chi connectivity index (χ1) is 15.3. The van der Waals surface area contributed by atoms with E-state index in [1.54, 1.807) is 42.1 Å². The molecule has 32 heavy (non-hydrogen) atoms. The Bertz CT molecular complexity index is 905. The van der Waals surface area contributed by atoms with E-state index < -0.39 is 0 Å². The number of piperidine rings is 1. The summed E-state index contributed by atoms with van der Waals surface area (Å²) in [4.78, 5) is 32.1. The van der Waals surface area contributed by atoms with Crippen molar-refractivity contribution in [2.24, 2.45) is 5.92 Å². The lowest BCUT2D eigenvalue weighted by molar-refractivity contribution is -0.116. The molecule has 1 aliphatic rings. The van der Waals surface area contributed by atoms with Gasteiger partial charge in [-0.2, -0.15) is 0 Å². The molecule has 1 aromatic carbocycles. The number of rotatable bonds is 9. The zero-order chi connectivity index (χ0) is 23.1. The Labute approximate surface area is 194 Å². The summed E-state index contributed by atoms with van der Waals surface area (Å²) in [6, 6.07) is 7.02. The Morgan fingerprint density at radius 2 is 1.91 bits per heavy atom. The number of nitrogens with zero attached hydrogens (tertiary/aromatic N) is 3. The molecule has 2 amide bonds. The lowest BCUT2D eigenvalue weighted by Gasteiger charge is -2.33. The van der Waals surface area contributed by atoms with Gasteiger partial charge in [-0.1, -0.05) is 25.4 Å². The van der Waals surface area contributed by atoms with Crippen molar-refractivity contribution in [2.45, 2.75) is 45.9 Å². The summed E-state index contributed by atoms with van der Waals surface area (Å²) in [5.74, 6) is 0.713. The summed E-state index contributed by atoms with van der Waals surface area (Å²) >= 11 is 5.88. The van der Waals surface area contributed by atoms with Gasteiger partial charge in [0, 0.05) is 49.7 Å². The number of halogens is 1. The number of ether oxygens (including phenoxy) is 1. The maximum absolute atomic E-state index is 12.8. The van der Waals surface area contributed by atoms with Crippen LogP contribution in [0.3, 0.4) is 0 Å². The summed E-state index contributed by atoms with van der Waals surface area (Å²) in [7, 11) is 1.55. The Balaban J connectivity index is 1.59. The number of carbonyl (C=O) groups excluding carboxylic acids is 2. The summed E-state index contributed by atoms with van der Waals surface area (Å²) in [5, 5.41) is 6.51. The van der Waals surface area contributed by atoms with Crippen LogP contribution < -0.4 is 10.6 Å². The summed E-state index contributed by atoms with van der Waals surface area (Å²) in [5.41, 5.74) is 0.940. The third-order valence-electron chi connectivity index (χ3n) is 5.35. The number of amides is 2. The van der Waals surface area contributed by atoms with Crippen molar-refractivity contribution in [3.05, 3.63) is 47.0 Å². The number of anilines is 1. The highest BCUT2D eigenvalue weighted by Gasteiger charge is 2.23. The Morgan fingerprint density at radius 3 is 2.53 bits per heavy atom. The lowest BCUT2D eigenvalue weighted by Crippen LogP contribution is -2.45. The third-order valence-corrected chi connectivity index (χ3v) is 5.61. The molecule has 1 saturated heterocycles. The van der Waals surface area contributed by atoms with Gasteiger partial charge in [-0.15, -0.1) is 0 Å². The first-order valence-corrected chi connectivity index (χ1v) is 11.4. The van der Waals surface area contributed by atoms with Crippen LogP contribution in [0.1, 0.15) is 43.0 Å². The monoisotopic (exact) mass is 461 g/mol. The number of benzene rings is 1. The van der Waals surface area contributed by atoms with Gasteiger partial charge in [0.05, 0.1) is 0 Å². The number of carbonyl (C=O) groups is 2. The second-order valence-electron chi connectivity index (χ2n) is 8.60. The van der Waals surface area contributed by atoms with Gasteiger partial charge in [0.2, 0.25) is 5.91 Å². The molecule has 0 aliphatic carbocycles. The Kier molecular flexibility index (Phi) is 8.67. The van der Waals surface area contributed by atoms with E-state index in [9.17, 15) is 9.59 Å². The highest BCUT2D eigenvalue weighted by molar-refractivity contribution is 6.30. The summed E-state index contributed by atoms with van der Waals surface area (Å²) in [6.07, 6.45) is 3.46. The second-order valence-corrected chi connectivity index (χ2v) is 9.04. The molecule has 0 radical (unpaired) electrons. The molecular weight excluding hydrogens is 430 g/mol. The minimum atomic E-state index is -0.230. The smallest absolute Gasteiger partial charge is 0.271 e. The Hall–Kier alpha value is -2.42. The van der Waals surface area contributed by atoms with Crippen LogP contribution in [-0.2, 0) is 22.7 Å². The van der Waals surface area contributed by atoms with E-state index >= 15 is 0 Å². The van der Waals surface area contributed by atoms with E-state index in [1.165, 1.54) is 0 Å². The van der Waals surface area contributed by atoms with Crippen LogP contribution >= 0.6 is 11.6 Å². The molecule has 8 nitrogen and oxygen atoms in total. The van der Waals surface area contributed by atoms with Gasteiger partial charge in [-0.25, -0.2) is 4.98 Å². The van der Waals surface area contributed by atoms with Crippen molar-refractivity contribution in [3.63, 3.8) is 0 Å². The van der Waals surface area contributed by atoms with Gasteiger partial charge in [-0.05, 0) is 43.0 Å². The van der Waals surface area contributed by atoms with Gasteiger partial charge >= 0.3 is 0 Å². The van der Waals surface area contributed by atoms with E-state index in [4.69, 9.17) is 16.3 Å². The van der Waals surface area contributed by atoms with E-state index in [0.717, 1.165) is 32.5 Å². The SMILES string of the molecule is COCc1nc(C(=O)NC2CCN(CC(C)C)CC2)cn1CC(=O)Nc1ccc(Cl)cc1. The zero-order valence-electron chi connectivity index (χ0n) is 18.9. The average molecular weight is 462 g/mol. The van der Waals surface area contributed by atoms with Crippen LogP contribution in [0.4, 0.5) is 5.69 Å². The number of aromatic nitrogens is 2. The summed E-state index contributed by atoms with van der Waals surface area (Å²) < 4.78 is 6.85. The Morgan fingerprint density at radius 1 is 1.22 bits per heavy atom. The molecule has 0 spiro atoms. The molecule has 9 heteroatoms. The minimum absolute atomic E-state index is 0.0230. The van der Waals surface area contributed by atoms with Crippen LogP contribution in [0.5, 0.6) is 0 Å². The van der Waals surface area contributed by atoms with Gasteiger partial charge in [-0.3, -0.25) is 9.59 Å². The standard InChI is InChI=1S/C23H32ClN5O3/c1-16(2)12-28-10-8-19(9-11-28)26-23(31)20-13-29(21(27-20)15-32-3)14-22(30)25-18-6-4-17(24)5-7-18/h4-7,13,16,19H,8-12,14-15H2,1-3H3,(H,25,30)(H,26,31). The molecule has 2 aromatic rings. The zero-order valence-corrected chi connectivity index (χ0v) is 19.7. The molecule has 174 valence electrons. The van der Waals surface area contributed by atoms with Crippen molar-refractivity contribution < 1.29 is 14.3 Å². The first kappa shape index (κ1) is 24.2. The van der Waals surface area contributed by atoms with Crippen molar-refractivity contribution in [1.82, 2.24) is 19.8 Å². The molecule has 1 aromatic heterocycles. The van der Waals surface area contributed by atoms with Gasteiger partial charge in [0.1, 0.15) is 24.7 Å². The molecule has 3 rings (SSSR count). The molecule has 1 fully saturated rings. The average Bonchev–Trinajstić information content (AvgIpc) is 3.13. The van der Waals surface area contributed by atoms with Crippen molar-refractivity contribution in [1.29, 1.82) is 0 Å². The predicted octanol–water partition coefficient (Wildman–Crippen LogP) is 3.17. The number of nitrogens with one attached hydrogen (secondary N) is 2. The number of imidazole rings is 1. The molecule has 2 N–H and O–H groups in total. The normalized spacial score (nSPS) is 15.2. The quantitative estimate of drug-likeness (QED) is 0.598. The molecule has 0 unspecified atom stereocenters. The van der Waals surface area contributed by atoms with E-state index in [1.807, 2.05) is 0 Å². The minimum Gasteiger partial charge on any atom is -0.377 e. The third kappa shape index (κ3) is 7.05. The number of hydrogen-bond acceptors (Lipinski definition) is 5. The maximum Gasteiger partial charge on any atom is 0.271 e. The van der Waals surface area contributed by atoms with Crippen LogP contribution in [0.15, 0.2) is 30.5 Å². The van der Waals surface area contributed by atoms with Crippen LogP contribution in [0.2, 0.25) is 5.02 Å². The second kappa shape index (κ2) is 11.4. The van der Waals surface area contributed by atoms with Gasteiger partial charge in [0.15, 0.2) is 0 Å². The number of methoxy groups -OCH3 is 1. The van der Waals surface area contributed by atoms with Crippen LogP contribution in [0.25, 0.3) is 0 Å². The lowest BCUT2D eigenvalue weighted by atomic mass is 10.0. The van der Waals surface area contributed by atoms with Gasteiger partial charge in [0.25, 0.3) is 5.91 Å². The molecule has 0 atom stereocenters.